The van der Waals surface area contributed by atoms with Crippen molar-refractivity contribution in [2.75, 3.05) is 13.1 Å². The lowest BCUT2D eigenvalue weighted by molar-refractivity contribution is -0.141. The Kier molecular flexibility index (Phi) is 4.28. The van der Waals surface area contributed by atoms with Gasteiger partial charge in [0.1, 0.15) is 11.3 Å². The summed E-state index contributed by atoms with van der Waals surface area (Å²) in [6.07, 6.45) is -2.62. The van der Waals surface area contributed by atoms with Gasteiger partial charge in [-0.3, -0.25) is 9.78 Å². The molecule has 26 heavy (non-hydrogen) atoms. The van der Waals surface area contributed by atoms with Gasteiger partial charge in [-0.25, -0.2) is 4.79 Å². The van der Waals surface area contributed by atoms with Crippen LogP contribution in [0.1, 0.15) is 49.7 Å². The summed E-state index contributed by atoms with van der Waals surface area (Å²) in [5.41, 5.74) is -1.42. The van der Waals surface area contributed by atoms with Crippen molar-refractivity contribution in [2.45, 2.75) is 45.4 Å². The van der Waals surface area contributed by atoms with Crippen LogP contribution in [0.4, 0.5) is 18.0 Å². The summed E-state index contributed by atoms with van der Waals surface area (Å²) >= 11 is 0. The molecule has 0 aromatic carbocycles. The molecule has 8 heteroatoms. The number of halogens is 3. The van der Waals surface area contributed by atoms with E-state index in [0.717, 1.165) is 12.3 Å². The Morgan fingerprint density at radius 3 is 2.27 bits per heavy atom. The van der Waals surface area contributed by atoms with E-state index >= 15 is 0 Å². The number of alkyl halides is 3. The van der Waals surface area contributed by atoms with Crippen LogP contribution in [-0.2, 0) is 10.9 Å². The van der Waals surface area contributed by atoms with Crippen LogP contribution in [-0.4, -0.2) is 40.5 Å². The zero-order valence-electron chi connectivity index (χ0n) is 14.9. The molecule has 0 radical (unpaired) electrons. The van der Waals surface area contributed by atoms with Crippen molar-refractivity contribution >= 4 is 11.9 Å². The Morgan fingerprint density at radius 2 is 1.81 bits per heavy atom. The lowest BCUT2D eigenvalue weighted by atomic mass is 9.56. The zero-order chi connectivity index (χ0) is 19.3. The maximum absolute atomic E-state index is 12.5. The molecule has 2 fully saturated rings. The third kappa shape index (κ3) is 3.68. The van der Waals surface area contributed by atoms with E-state index in [1.807, 2.05) is 0 Å². The predicted octanol–water partition coefficient (Wildman–Crippen LogP) is 3.93. The maximum Gasteiger partial charge on any atom is 0.433 e. The van der Waals surface area contributed by atoms with Crippen LogP contribution in [0.15, 0.2) is 18.3 Å². The van der Waals surface area contributed by atoms with Crippen LogP contribution in [0.5, 0.6) is 0 Å². The number of nitrogens with zero attached hydrogens (tertiary/aromatic N) is 2. The number of aromatic nitrogens is 1. The second-order valence-electron chi connectivity index (χ2n) is 8.24. The number of likely N-dealkylation sites (tertiary alicyclic amines) is 1. The Bertz CT molecular complexity index is 709. The van der Waals surface area contributed by atoms with E-state index in [0.29, 0.717) is 25.9 Å². The van der Waals surface area contributed by atoms with Gasteiger partial charge in [-0.2, -0.15) is 13.2 Å². The molecule has 5 nitrogen and oxygen atoms in total. The largest absolute Gasteiger partial charge is 0.444 e. The minimum absolute atomic E-state index is 0.0590. The number of carbonyl (C=O) groups excluding carboxylic acids is 2. The van der Waals surface area contributed by atoms with Crippen molar-refractivity contribution in [3.8, 4) is 0 Å². The SMILES string of the molecule is CC(C)(C)OC(=O)N1CC2(CC(C(=O)c3ccc(C(F)(F)F)nc3)C2)C1. The number of Topliss-reactive ketones (excluding diaryl/α,β-unsaturated/α-hetero) is 1. The first kappa shape index (κ1) is 18.7. The molecule has 0 bridgehead atoms. The number of ether oxygens (including phenoxy) is 1. The van der Waals surface area contributed by atoms with Crippen LogP contribution in [0.2, 0.25) is 0 Å². The maximum atomic E-state index is 12.5. The van der Waals surface area contributed by atoms with Crippen molar-refractivity contribution in [3.05, 3.63) is 29.6 Å². The van der Waals surface area contributed by atoms with Crippen LogP contribution < -0.4 is 0 Å². The Labute approximate surface area is 149 Å². The van der Waals surface area contributed by atoms with Gasteiger partial charge >= 0.3 is 12.3 Å². The Hall–Kier alpha value is -2.12. The summed E-state index contributed by atoms with van der Waals surface area (Å²) < 4.78 is 42.9. The number of amides is 1. The summed E-state index contributed by atoms with van der Waals surface area (Å²) in [4.78, 5) is 29.3. The highest BCUT2D eigenvalue weighted by atomic mass is 19.4. The molecule has 0 atom stereocenters. The smallest absolute Gasteiger partial charge is 0.433 e. The van der Waals surface area contributed by atoms with Crippen molar-refractivity contribution in [1.29, 1.82) is 0 Å². The fourth-order valence-electron chi connectivity index (χ4n) is 3.59. The van der Waals surface area contributed by atoms with E-state index in [1.165, 1.54) is 6.07 Å². The van der Waals surface area contributed by atoms with E-state index in [2.05, 4.69) is 4.98 Å². The van der Waals surface area contributed by atoms with Gasteiger partial charge in [-0.15, -0.1) is 0 Å². The first-order valence-electron chi connectivity index (χ1n) is 8.44. The van der Waals surface area contributed by atoms with E-state index in [1.54, 1.807) is 25.7 Å². The van der Waals surface area contributed by atoms with Crippen LogP contribution >= 0.6 is 0 Å². The Morgan fingerprint density at radius 1 is 1.19 bits per heavy atom. The molecule has 2 heterocycles. The number of pyridine rings is 1. The molecule has 1 aliphatic carbocycles. The molecule has 1 aromatic heterocycles. The summed E-state index contributed by atoms with van der Waals surface area (Å²) in [5.74, 6) is -0.415. The second kappa shape index (κ2) is 5.96. The van der Waals surface area contributed by atoms with Crippen molar-refractivity contribution in [1.82, 2.24) is 9.88 Å². The lowest BCUT2D eigenvalue weighted by Gasteiger charge is -2.58. The molecule has 1 aromatic rings. The highest BCUT2D eigenvalue weighted by Gasteiger charge is 2.56. The van der Waals surface area contributed by atoms with Gasteiger partial charge in [0.05, 0.1) is 0 Å². The molecule has 1 saturated carbocycles. The van der Waals surface area contributed by atoms with Crippen LogP contribution in [0.25, 0.3) is 0 Å². The summed E-state index contributed by atoms with van der Waals surface area (Å²) in [5, 5.41) is 0. The van der Waals surface area contributed by atoms with Gasteiger partial charge in [0.2, 0.25) is 0 Å². The molecule has 142 valence electrons. The fraction of sp³-hybridized carbons (Fsp3) is 0.611. The first-order chi connectivity index (χ1) is 11.9. The molecule has 0 N–H and O–H groups in total. The van der Waals surface area contributed by atoms with Gasteiger partial charge in [-0.05, 0) is 45.7 Å². The number of carbonyl (C=O) groups is 2. The van der Waals surface area contributed by atoms with Gasteiger partial charge in [0.15, 0.2) is 5.78 Å². The first-order valence-corrected chi connectivity index (χ1v) is 8.44. The molecule has 1 aliphatic heterocycles. The monoisotopic (exact) mass is 370 g/mol. The lowest BCUT2D eigenvalue weighted by Crippen LogP contribution is -2.65. The molecule has 1 spiro atoms. The number of hydrogen-bond donors (Lipinski definition) is 0. The molecule has 2 aliphatic rings. The quantitative estimate of drug-likeness (QED) is 0.740. The van der Waals surface area contributed by atoms with Crippen molar-refractivity contribution in [2.24, 2.45) is 11.3 Å². The minimum Gasteiger partial charge on any atom is -0.444 e. The zero-order valence-corrected chi connectivity index (χ0v) is 14.9. The van der Waals surface area contributed by atoms with Crippen molar-refractivity contribution in [3.63, 3.8) is 0 Å². The van der Waals surface area contributed by atoms with Crippen LogP contribution in [0.3, 0.4) is 0 Å². The predicted molar refractivity (Wildman–Crippen MR) is 86.5 cm³/mol. The Balaban J connectivity index is 1.51. The molecular formula is C18H21F3N2O3. The van der Waals surface area contributed by atoms with Gasteiger partial charge in [0, 0.05) is 36.2 Å². The molecule has 1 saturated heterocycles. The number of hydrogen-bond acceptors (Lipinski definition) is 4. The topological polar surface area (TPSA) is 59.5 Å². The third-order valence-corrected chi connectivity index (χ3v) is 4.77. The van der Waals surface area contributed by atoms with Gasteiger partial charge < -0.3 is 9.64 Å². The normalized spacial score (nSPS) is 19.7. The van der Waals surface area contributed by atoms with E-state index < -0.39 is 17.5 Å². The number of ketones is 1. The van der Waals surface area contributed by atoms with Crippen molar-refractivity contribution < 1.29 is 27.5 Å². The summed E-state index contributed by atoms with van der Waals surface area (Å²) in [6.45, 7) is 6.51. The highest BCUT2D eigenvalue weighted by Crippen LogP contribution is 2.53. The standard InChI is InChI=1S/C18H21F3N2O3/c1-16(2,3)26-15(25)23-9-17(10-23)6-12(7-17)14(24)11-4-5-13(22-8-11)18(19,20)21/h4-5,8,12H,6-7,9-10H2,1-3H3. The molecule has 1 amide bonds. The average Bonchev–Trinajstić information content (AvgIpc) is 2.41. The van der Waals surface area contributed by atoms with E-state index in [9.17, 15) is 22.8 Å². The molecule has 3 rings (SSSR count). The second-order valence-corrected chi connectivity index (χ2v) is 8.24. The van der Waals surface area contributed by atoms with Gasteiger partial charge in [-0.1, -0.05) is 0 Å². The minimum atomic E-state index is -4.51. The van der Waals surface area contributed by atoms with Crippen LogP contribution in [0, 0.1) is 11.3 Å². The molecular weight excluding hydrogens is 349 g/mol. The third-order valence-electron chi connectivity index (χ3n) is 4.77. The summed E-state index contributed by atoms with van der Waals surface area (Å²) in [7, 11) is 0. The van der Waals surface area contributed by atoms with E-state index in [-0.39, 0.29) is 28.8 Å². The fourth-order valence-corrected chi connectivity index (χ4v) is 3.59. The highest BCUT2D eigenvalue weighted by molar-refractivity contribution is 5.98. The van der Waals surface area contributed by atoms with Gasteiger partial charge in [0.25, 0.3) is 0 Å². The number of rotatable bonds is 2. The average molecular weight is 370 g/mol. The summed E-state index contributed by atoms with van der Waals surface area (Å²) in [6, 6.07) is 2.01. The van der Waals surface area contributed by atoms with E-state index in [4.69, 9.17) is 4.74 Å². The molecule has 0 unspecified atom stereocenters.